The van der Waals surface area contributed by atoms with Crippen LogP contribution in [0.5, 0.6) is 11.6 Å². The number of methoxy groups -OCH3 is 2. The fourth-order valence-corrected chi connectivity index (χ4v) is 4.26. The number of rotatable bonds is 6. The van der Waals surface area contributed by atoms with Crippen LogP contribution in [0.2, 0.25) is 10.0 Å². The number of hydrogen-bond acceptors (Lipinski definition) is 5. The molecule has 4 aromatic rings. The van der Waals surface area contributed by atoms with Gasteiger partial charge in [-0.3, -0.25) is 9.78 Å². The minimum Gasteiger partial charge on any atom is -0.496 e. The van der Waals surface area contributed by atoms with Crippen molar-refractivity contribution in [3.8, 4) is 45.3 Å². The lowest BCUT2D eigenvalue weighted by Gasteiger charge is -2.14. The molecule has 166 valence electrons. The Morgan fingerprint density at radius 1 is 0.879 bits per heavy atom. The van der Waals surface area contributed by atoms with Gasteiger partial charge in [-0.1, -0.05) is 53.5 Å². The first-order valence-electron chi connectivity index (χ1n) is 10.1. The van der Waals surface area contributed by atoms with Crippen LogP contribution in [0.25, 0.3) is 33.6 Å². The van der Waals surface area contributed by atoms with Crippen LogP contribution in [0.15, 0.2) is 60.8 Å². The summed E-state index contributed by atoms with van der Waals surface area (Å²) in [6.45, 7) is 1.93. The number of halogens is 2. The molecular formula is C26H20Cl2N2O3. The van der Waals surface area contributed by atoms with Gasteiger partial charge in [0.15, 0.2) is 6.29 Å². The summed E-state index contributed by atoms with van der Waals surface area (Å²) >= 11 is 13.7. The maximum absolute atomic E-state index is 11.2. The summed E-state index contributed by atoms with van der Waals surface area (Å²) in [5.74, 6) is 0.996. The van der Waals surface area contributed by atoms with Gasteiger partial charge in [0.25, 0.3) is 0 Å². The number of hydrogen-bond donors (Lipinski definition) is 0. The summed E-state index contributed by atoms with van der Waals surface area (Å²) in [6.07, 6.45) is 2.42. The molecule has 33 heavy (non-hydrogen) atoms. The lowest BCUT2D eigenvalue weighted by molar-refractivity contribution is 0.112. The molecule has 0 saturated carbocycles. The Hall–Kier alpha value is -3.41. The van der Waals surface area contributed by atoms with E-state index in [1.807, 2.05) is 43.3 Å². The number of aromatic nitrogens is 2. The number of carbonyl (C=O) groups is 1. The van der Waals surface area contributed by atoms with Gasteiger partial charge in [-0.15, -0.1) is 0 Å². The molecule has 0 N–H and O–H groups in total. The van der Waals surface area contributed by atoms with E-state index >= 15 is 0 Å². The van der Waals surface area contributed by atoms with E-state index in [0.29, 0.717) is 38.6 Å². The maximum atomic E-state index is 11.2. The summed E-state index contributed by atoms with van der Waals surface area (Å²) in [6, 6.07) is 16.6. The van der Waals surface area contributed by atoms with E-state index < -0.39 is 0 Å². The van der Waals surface area contributed by atoms with Gasteiger partial charge in [-0.05, 0) is 31.2 Å². The van der Waals surface area contributed by atoms with E-state index in [9.17, 15) is 4.79 Å². The molecule has 0 amide bonds. The molecule has 0 saturated heterocycles. The van der Waals surface area contributed by atoms with Crippen molar-refractivity contribution in [1.82, 2.24) is 9.97 Å². The zero-order chi connectivity index (χ0) is 23.5. The highest BCUT2D eigenvalue weighted by Gasteiger charge is 2.18. The molecule has 0 spiro atoms. The van der Waals surface area contributed by atoms with E-state index in [-0.39, 0.29) is 0 Å². The van der Waals surface area contributed by atoms with Gasteiger partial charge in [-0.2, -0.15) is 0 Å². The third kappa shape index (κ3) is 4.30. The van der Waals surface area contributed by atoms with E-state index in [2.05, 4.69) is 9.97 Å². The van der Waals surface area contributed by atoms with Crippen LogP contribution >= 0.6 is 23.2 Å². The second-order valence-corrected chi connectivity index (χ2v) is 8.04. The summed E-state index contributed by atoms with van der Waals surface area (Å²) in [5.41, 5.74) is 5.61. The van der Waals surface area contributed by atoms with Crippen LogP contribution in [0, 0.1) is 6.92 Å². The fraction of sp³-hybridized carbons (Fsp3) is 0.115. The Morgan fingerprint density at radius 3 is 2.36 bits per heavy atom. The Kier molecular flexibility index (Phi) is 6.63. The van der Waals surface area contributed by atoms with E-state index in [0.717, 1.165) is 34.1 Å². The van der Waals surface area contributed by atoms with Gasteiger partial charge in [0, 0.05) is 34.0 Å². The quantitative estimate of drug-likeness (QED) is 0.281. The van der Waals surface area contributed by atoms with Gasteiger partial charge < -0.3 is 9.47 Å². The van der Waals surface area contributed by atoms with Crippen LogP contribution in [-0.4, -0.2) is 30.5 Å². The number of ether oxygens (including phenoxy) is 2. The maximum Gasteiger partial charge on any atom is 0.216 e. The smallest absolute Gasteiger partial charge is 0.216 e. The number of carbonyl (C=O) groups excluding carboxylic acids is 1. The molecule has 0 fully saturated rings. The highest BCUT2D eigenvalue weighted by molar-refractivity contribution is 6.39. The average Bonchev–Trinajstić information content (AvgIpc) is 2.84. The van der Waals surface area contributed by atoms with Crippen LogP contribution in [0.4, 0.5) is 0 Å². The van der Waals surface area contributed by atoms with E-state index in [4.69, 9.17) is 32.7 Å². The Balaban J connectivity index is 1.83. The molecule has 0 aliphatic carbocycles. The first kappa shape index (κ1) is 22.8. The van der Waals surface area contributed by atoms with Crippen molar-refractivity contribution in [1.29, 1.82) is 0 Å². The standard InChI is InChI=1S/C26H20Cl2N2O3/c1-15-7-10-21(30-26(15)33-3)20-6-4-5-18(23(20)27)19-11-12-29-25(24(19)28)16-8-9-17(14-31)22(13-16)32-2/h4-14H,1-3H3. The molecule has 0 aliphatic rings. The third-order valence-electron chi connectivity index (χ3n) is 5.33. The summed E-state index contributed by atoms with van der Waals surface area (Å²) in [5, 5.41) is 0.954. The lowest BCUT2D eigenvalue weighted by atomic mass is 9.99. The van der Waals surface area contributed by atoms with E-state index in [1.54, 1.807) is 31.5 Å². The Bertz CT molecular complexity index is 1360. The number of pyridine rings is 2. The molecule has 0 unspecified atom stereocenters. The van der Waals surface area contributed by atoms with Gasteiger partial charge in [0.2, 0.25) is 5.88 Å². The van der Waals surface area contributed by atoms with Gasteiger partial charge >= 0.3 is 0 Å². The zero-order valence-corrected chi connectivity index (χ0v) is 19.7. The van der Waals surface area contributed by atoms with Gasteiger partial charge in [0.1, 0.15) is 5.75 Å². The molecular weight excluding hydrogens is 459 g/mol. The second kappa shape index (κ2) is 9.61. The Labute approximate surface area is 201 Å². The molecule has 2 heterocycles. The molecule has 0 atom stereocenters. The number of benzene rings is 2. The highest BCUT2D eigenvalue weighted by Crippen LogP contribution is 2.42. The first-order chi connectivity index (χ1) is 16.0. The topological polar surface area (TPSA) is 61.3 Å². The SMILES string of the molecule is COc1cc(-c2nccc(-c3cccc(-c4ccc(C)c(OC)n4)c3Cl)c2Cl)ccc1C=O. The minimum absolute atomic E-state index is 0.437. The highest BCUT2D eigenvalue weighted by atomic mass is 35.5. The van der Waals surface area contributed by atoms with Crippen molar-refractivity contribution in [2.45, 2.75) is 6.92 Å². The first-order valence-corrected chi connectivity index (χ1v) is 10.8. The summed E-state index contributed by atoms with van der Waals surface area (Å²) in [4.78, 5) is 20.3. The third-order valence-corrected chi connectivity index (χ3v) is 6.12. The number of aryl methyl sites for hydroxylation is 1. The van der Waals surface area contributed by atoms with Crippen LogP contribution < -0.4 is 9.47 Å². The fourth-order valence-electron chi connectivity index (χ4n) is 3.61. The normalized spacial score (nSPS) is 10.7. The number of nitrogens with zero attached hydrogens (tertiary/aromatic N) is 2. The van der Waals surface area contributed by atoms with Crippen molar-refractivity contribution in [3.63, 3.8) is 0 Å². The van der Waals surface area contributed by atoms with Crippen molar-refractivity contribution < 1.29 is 14.3 Å². The molecule has 2 aromatic carbocycles. The molecule has 0 aliphatic heterocycles. The summed E-state index contributed by atoms with van der Waals surface area (Å²) < 4.78 is 10.7. The molecule has 0 bridgehead atoms. The molecule has 0 radical (unpaired) electrons. The predicted molar refractivity (Wildman–Crippen MR) is 132 cm³/mol. The lowest BCUT2D eigenvalue weighted by Crippen LogP contribution is -1.95. The van der Waals surface area contributed by atoms with Crippen molar-refractivity contribution >= 4 is 29.5 Å². The molecule has 5 nitrogen and oxygen atoms in total. The second-order valence-electron chi connectivity index (χ2n) is 7.29. The zero-order valence-electron chi connectivity index (χ0n) is 18.2. The predicted octanol–water partition coefficient (Wildman–Crippen LogP) is 6.92. The monoisotopic (exact) mass is 478 g/mol. The van der Waals surface area contributed by atoms with Gasteiger partial charge in [-0.25, -0.2) is 4.98 Å². The van der Waals surface area contributed by atoms with Crippen molar-refractivity contribution in [3.05, 3.63) is 82.0 Å². The van der Waals surface area contributed by atoms with E-state index in [1.165, 1.54) is 7.11 Å². The van der Waals surface area contributed by atoms with Crippen molar-refractivity contribution in [2.75, 3.05) is 14.2 Å². The van der Waals surface area contributed by atoms with Crippen LogP contribution in [-0.2, 0) is 0 Å². The average molecular weight is 479 g/mol. The van der Waals surface area contributed by atoms with Crippen LogP contribution in [0.3, 0.4) is 0 Å². The number of aldehydes is 1. The minimum atomic E-state index is 0.437. The van der Waals surface area contributed by atoms with Crippen molar-refractivity contribution in [2.24, 2.45) is 0 Å². The molecule has 7 heteroatoms. The molecule has 2 aromatic heterocycles. The summed E-state index contributed by atoms with van der Waals surface area (Å²) in [7, 11) is 3.10. The largest absolute Gasteiger partial charge is 0.496 e. The Morgan fingerprint density at radius 2 is 1.64 bits per heavy atom. The van der Waals surface area contributed by atoms with Gasteiger partial charge in [0.05, 0.1) is 41.2 Å². The molecule has 4 rings (SSSR count). The van der Waals surface area contributed by atoms with Crippen LogP contribution in [0.1, 0.15) is 15.9 Å².